The molecule has 2 unspecified atom stereocenters. The van der Waals surface area contributed by atoms with Crippen molar-refractivity contribution in [3.8, 4) is 23.0 Å². The summed E-state index contributed by atoms with van der Waals surface area (Å²) in [6, 6.07) is 21.1. The van der Waals surface area contributed by atoms with E-state index in [1.807, 2.05) is 55.5 Å². The molecule has 1 heterocycles. The number of unbranched alkanes of at least 4 members (excludes halogenated alkanes) is 1. The van der Waals surface area contributed by atoms with Gasteiger partial charge in [-0.2, -0.15) is 0 Å². The van der Waals surface area contributed by atoms with E-state index in [9.17, 15) is 9.59 Å². The lowest BCUT2D eigenvalue weighted by atomic mass is 9.96. The van der Waals surface area contributed by atoms with Crippen LogP contribution in [0.25, 0.3) is 0 Å². The highest BCUT2D eigenvalue weighted by molar-refractivity contribution is 8.14. The summed E-state index contributed by atoms with van der Waals surface area (Å²) in [5.74, 6) is 2.98. The molecule has 0 saturated carbocycles. The van der Waals surface area contributed by atoms with Crippen LogP contribution in [0.1, 0.15) is 62.3 Å². The Kier molecular flexibility index (Phi) is 10.7. The van der Waals surface area contributed by atoms with E-state index in [0.717, 1.165) is 65.8 Å². The molecule has 1 fully saturated rings. The molecule has 0 amide bonds. The standard InChI is InChI=1S/C32H35ClO5S/c1-3-10-23-19-26(38-25-11-6-5-7-12-25)14-16-29(23)36-17-8-9-18-37-30-15-13-24(20-27(30)33)31-28(34)21-22(4-2)32(35)39-31/h5-7,11-16,19-20,22,31H,3-4,8-10,17-18,21H2,1-2H3. The van der Waals surface area contributed by atoms with Crippen molar-refractivity contribution in [1.29, 1.82) is 0 Å². The zero-order valence-corrected chi connectivity index (χ0v) is 24.1. The van der Waals surface area contributed by atoms with Gasteiger partial charge in [-0.05, 0) is 79.3 Å². The van der Waals surface area contributed by atoms with E-state index in [1.165, 1.54) is 0 Å². The van der Waals surface area contributed by atoms with Crippen LogP contribution >= 0.6 is 23.4 Å². The van der Waals surface area contributed by atoms with Gasteiger partial charge in [0.05, 0.1) is 23.5 Å². The number of aryl methyl sites for hydroxylation is 1. The predicted octanol–water partition coefficient (Wildman–Crippen LogP) is 8.62. The molecule has 4 rings (SSSR count). The molecule has 5 nitrogen and oxygen atoms in total. The molecule has 0 spiro atoms. The summed E-state index contributed by atoms with van der Waals surface area (Å²) in [6.45, 7) is 5.17. The third kappa shape index (κ3) is 8.02. The van der Waals surface area contributed by atoms with Crippen molar-refractivity contribution in [2.75, 3.05) is 13.2 Å². The molecule has 7 heteroatoms. The second-order valence-electron chi connectivity index (χ2n) is 9.62. The molecular weight excluding hydrogens is 532 g/mol. The molecule has 0 N–H and O–H groups in total. The highest BCUT2D eigenvalue weighted by Crippen LogP contribution is 2.42. The normalized spacial score (nSPS) is 17.2. The number of para-hydroxylation sites is 1. The smallest absolute Gasteiger partial charge is 0.193 e. The first-order chi connectivity index (χ1) is 19.0. The van der Waals surface area contributed by atoms with Gasteiger partial charge in [0.15, 0.2) is 10.9 Å². The van der Waals surface area contributed by atoms with Gasteiger partial charge in [0.25, 0.3) is 0 Å². The number of ketones is 1. The van der Waals surface area contributed by atoms with Gasteiger partial charge in [-0.25, -0.2) is 0 Å². The highest BCUT2D eigenvalue weighted by Gasteiger charge is 2.35. The van der Waals surface area contributed by atoms with E-state index < -0.39 is 5.25 Å². The second-order valence-corrected chi connectivity index (χ2v) is 11.1. The van der Waals surface area contributed by atoms with Gasteiger partial charge in [0.1, 0.15) is 23.0 Å². The summed E-state index contributed by atoms with van der Waals surface area (Å²) in [5, 5.41) is 0.0452. The quantitative estimate of drug-likeness (QED) is 0.193. The van der Waals surface area contributed by atoms with Crippen LogP contribution in [-0.4, -0.2) is 24.1 Å². The van der Waals surface area contributed by atoms with Crippen molar-refractivity contribution < 1.29 is 23.8 Å². The highest BCUT2D eigenvalue weighted by atomic mass is 35.5. The van der Waals surface area contributed by atoms with Gasteiger partial charge in [-0.1, -0.05) is 67.9 Å². The van der Waals surface area contributed by atoms with Gasteiger partial charge >= 0.3 is 0 Å². The van der Waals surface area contributed by atoms with E-state index in [-0.39, 0.29) is 16.8 Å². The zero-order chi connectivity index (χ0) is 27.6. The molecule has 1 aliphatic heterocycles. The molecule has 0 aliphatic carbocycles. The maximum atomic E-state index is 12.6. The minimum atomic E-state index is -0.486. The number of benzene rings is 3. The Labute approximate surface area is 240 Å². The molecule has 1 aliphatic rings. The summed E-state index contributed by atoms with van der Waals surface area (Å²) >= 11 is 7.57. The molecule has 39 heavy (non-hydrogen) atoms. The Bertz CT molecular complexity index is 1260. The largest absolute Gasteiger partial charge is 0.493 e. The predicted molar refractivity (Wildman–Crippen MR) is 157 cm³/mol. The number of halogens is 1. The summed E-state index contributed by atoms with van der Waals surface area (Å²) in [6.07, 6.45) is 4.56. The van der Waals surface area contributed by atoms with Gasteiger partial charge in [-0.15, -0.1) is 0 Å². The maximum absolute atomic E-state index is 12.6. The van der Waals surface area contributed by atoms with Crippen molar-refractivity contribution in [1.82, 2.24) is 0 Å². The fraction of sp³-hybridized carbons (Fsp3) is 0.375. The van der Waals surface area contributed by atoms with Crippen LogP contribution in [0.4, 0.5) is 0 Å². The van der Waals surface area contributed by atoms with Crippen molar-refractivity contribution in [2.24, 2.45) is 5.92 Å². The SMILES string of the molecule is CCCc1cc(Oc2ccccc2)ccc1OCCCCOc1ccc(C2SC(=O)C(CC)CC2=O)cc1Cl. The summed E-state index contributed by atoms with van der Waals surface area (Å²) in [7, 11) is 0. The summed E-state index contributed by atoms with van der Waals surface area (Å²) in [4.78, 5) is 24.9. The van der Waals surface area contributed by atoms with Crippen LogP contribution in [0.2, 0.25) is 5.02 Å². The van der Waals surface area contributed by atoms with E-state index >= 15 is 0 Å². The molecular formula is C32H35ClO5S. The van der Waals surface area contributed by atoms with E-state index in [2.05, 4.69) is 13.0 Å². The zero-order valence-electron chi connectivity index (χ0n) is 22.5. The summed E-state index contributed by atoms with van der Waals surface area (Å²) in [5.41, 5.74) is 1.89. The van der Waals surface area contributed by atoms with Crippen molar-refractivity contribution >= 4 is 34.3 Å². The van der Waals surface area contributed by atoms with Crippen LogP contribution in [0.5, 0.6) is 23.0 Å². The number of hydrogen-bond acceptors (Lipinski definition) is 6. The number of carbonyl (C=O) groups excluding carboxylic acids is 2. The Morgan fingerprint density at radius 3 is 2.28 bits per heavy atom. The number of thioether (sulfide) groups is 1. The topological polar surface area (TPSA) is 61.8 Å². The van der Waals surface area contributed by atoms with Crippen LogP contribution in [-0.2, 0) is 16.0 Å². The van der Waals surface area contributed by atoms with Gasteiger partial charge in [0, 0.05) is 12.3 Å². The van der Waals surface area contributed by atoms with Crippen molar-refractivity contribution in [2.45, 2.75) is 57.6 Å². The lowest BCUT2D eigenvalue weighted by molar-refractivity contribution is -0.125. The monoisotopic (exact) mass is 566 g/mol. The Morgan fingerprint density at radius 1 is 0.872 bits per heavy atom. The molecule has 1 saturated heterocycles. The molecule has 206 valence electrons. The second kappa shape index (κ2) is 14.4. The molecule has 3 aromatic rings. The first-order valence-electron chi connectivity index (χ1n) is 13.6. The third-order valence-electron chi connectivity index (χ3n) is 6.64. The maximum Gasteiger partial charge on any atom is 0.193 e. The first-order valence-corrected chi connectivity index (χ1v) is 14.9. The van der Waals surface area contributed by atoms with Gasteiger partial charge < -0.3 is 14.2 Å². The van der Waals surface area contributed by atoms with Gasteiger partial charge in [0.2, 0.25) is 0 Å². The summed E-state index contributed by atoms with van der Waals surface area (Å²) < 4.78 is 17.9. The number of rotatable bonds is 13. The third-order valence-corrected chi connectivity index (χ3v) is 8.27. The van der Waals surface area contributed by atoms with E-state index in [0.29, 0.717) is 36.8 Å². The Morgan fingerprint density at radius 2 is 1.59 bits per heavy atom. The molecule has 0 radical (unpaired) electrons. The van der Waals surface area contributed by atoms with E-state index in [4.69, 9.17) is 25.8 Å². The molecule has 0 aromatic heterocycles. The Balaban J connectivity index is 1.23. The number of Topliss-reactive ketones (excluding diaryl/α,β-unsaturated/α-hetero) is 1. The van der Waals surface area contributed by atoms with Crippen molar-refractivity contribution in [3.63, 3.8) is 0 Å². The lowest BCUT2D eigenvalue weighted by Crippen LogP contribution is -2.26. The number of carbonyl (C=O) groups is 2. The van der Waals surface area contributed by atoms with Crippen LogP contribution < -0.4 is 14.2 Å². The van der Waals surface area contributed by atoms with Crippen molar-refractivity contribution in [3.05, 3.63) is 82.9 Å². The average Bonchev–Trinajstić information content (AvgIpc) is 2.94. The minimum absolute atomic E-state index is 0.0802. The number of hydrogen-bond donors (Lipinski definition) is 0. The van der Waals surface area contributed by atoms with Crippen LogP contribution in [0.3, 0.4) is 0 Å². The molecule has 0 bridgehead atoms. The van der Waals surface area contributed by atoms with Crippen LogP contribution in [0, 0.1) is 5.92 Å². The fourth-order valence-corrected chi connectivity index (χ4v) is 5.92. The minimum Gasteiger partial charge on any atom is -0.493 e. The van der Waals surface area contributed by atoms with Crippen LogP contribution in [0.15, 0.2) is 66.7 Å². The molecule has 2 atom stereocenters. The van der Waals surface area contributed by atoms with Gasteiger partial charge in [-0.3, -0.25) is 9.59 Å². The van der Waals surface area contributed by atoms with E-state index in [1.54, 1.807) is 12.1 Å². The Hall–Kier alpha value is -2.96. The number of ether oxygens (including phenoxy) is 3. The average molecular weight is 567 g/mol. The lowest BCUT2D eigenvalue weighted by Gasteiger charge is -2.25. The molecule has 3 aromatic carbocycles. The fourth-order valence-electron chi connectivity index (χ4n) is 4.49. The first kappa shape index (κ1) is 29.0.